The van der Waals surface area contributed by atoms with Gasteiger partial charge in [0, 0.05) is 17.3 Å². The topological polar surface area (TPSA) is 52.5 Å². The summed E-state index contributed by atoms with van der Waals surface area (Å²) in [5.41, 5.74) is 2.78. The van der Waals surface area contributed by atoms with Crippen LogP contribution in [0.5, 0.6) is 5.75 Å². The third-order valence-corrected chi connectivity index (χ3v) is 3.15. The van der Waals surface area contributed by atoms with Gasteiger partial charge in [0.25, 0.3) is 0 Å². The van der Waals surface area contributed by atoms with Crippen LogP contribution in [0.2, 0.25) is 0 Å². The standard InChI is InChI=1S/C16H19NO2/c1-11(13-6-5-7-14(19)10-13)17-16-9-4-3-8-15(16)12(2)18/h3-12,17-19H,1-2H3. The van der Waals surface area contributed by atoms with Crippen LogP contribution >= 0.6 is 0 Å². The number of benzene rings is 2. The van der Waals surface area contributed by atoms with Gasteiger partial charge in [0.15, 0.2) is 0 Å². The molecule has 2 rings (SSSR count). The van der Waals surface area contributed by atoms with Gasteiger partial charge in [-0.2, -0.15) is 0 Å². The average Bonchev–Trinajstić information content (AvgIpc) is 2.39. The maximum atomic E-state index is 9.75. The van der Waals surface area contributed by atoms with Crippen molar-refractivity contribution < 1.29 is 10.2 Å². The molecule has 0 aliphatic heterocycles. The molecule has 0 saturated heterocycles. The first kappa shape index (κ1) is 13.4. The molecule has 3 N–H and O–H groups in total. The summed E-state index contributed by atoms with van der Waals surface area (Å²) in [5, 5.41) is 22.6. The van der Waals surface area contributed by atoms with E-state index in [0.717, 1.165) is 16.8 Å². The number of aromatic hydroxyl groups is 1. The molecule has 0 radical (unpaired) electrons. The molecule has 0 saturated carbocycles. The summed E-state index contributed by atoms with van der Waals surface area (Å²) in [5.74, 6) is 0.259. The van der Waals surface area contributed by atoms with E-state index < -0.39 is 6.10 Å². The van der Waals surface area contributed by atoms with Crippen molar-refractivity contribution in [3.63, 3.8) is 0 Å². The average molecular weight is 257 g/mol. The zero-order valence-corrected chi connectivity index (χ0v) is 11.2. The molecule has 0 spiro atoms. The van der Waals surface area contributed by atoms with Gasteiger partial charge in [-0.25, -0.2) is 0 Å². The van der Waals surface area contributed by atoms with Crippen LogP contribution in [-0.4, -0.2) is 10.2 Å². The molecule has 0 amide bonds. The largest absolute Gasteiger partial charge is 0.508 e. The fraction of sp³-hybridized carbons (Fsp3) is 0.250. The van der Waals surface area contributed by atoms with Crippen molar-refractivity contribution in [2.45, 2.75) is 26.0 Å². The Morgan fingerprint density at radius 3 is 2.42 bits per heavy atom. The third kappa shape index (κ3) is 3.26. The maximum Gasteiger partial charge on any atom is 0.115 e. The first-order chi connectivity index (χ1) is 9.08. The second-order valence-electron chi connectivity index (χ2n) is 4.72. The molecule has 0 bridgehead atoms. The molecule has 0 fully saturated rings. The highest BCUT2D eigenvalue weighted by Crippen LogP contribution is 2.27. The SMILES string of the molecule is CC(O)c1ccccc1NC(C)c1cccc(O)c1. The second kappa shape index (κ2) is 5.76. The van der Waals surface area contributed by atoms with Gasteiger partial charge < -0.3 is 15.5 Å². The summed E-state index contributed by atoms with van der Waals surface area (Å²) in [7, 11) is 0. The molecule has 3 nitrogen and oxygen atoms in total. The Morgan fingerprint density at radius 2 is 1.74 bits per heavy atom. The minimum atomic E-state index is -0.514. The molecular formula is C16H19NO2. The number of aliphatic hydroxyl groups excluding tert-OH is 1. The van der Waals surface area contributed by atoms with Crippen LogP contribution in [0, 0.1) is 0 Å². The highest BCUT2D eigenvalue weighted by atomic mass is 16.3. The lowest BCUT2D eigenvalue weighted by molar-refractivity contribution is 0.200. The molecule has 100 valence electrons. The molecule has 2 unspecified atom stereocenters. The van der Waals surface area contributed by atoms with E-state index in [9.17, 15) is 10.2 Å². The molecular weight excluding hydrogens is 238 g/mol. The normalized spacial score (nSPS) is 13.8. The van der Waals surface area contributed by atoms with Gasteiger partial charge in [-0.05, 0) is 37.6 Å². The van der Waals surface area contributed by atoms with Gasteiger partial charge >= 0.3 is 0 Å². The summed E-state index contributed by atoms with van der Waals surface area (Å²) in [4.78, 5) is 0. The first-order valence-corrected chi connectivity index (χ1v) is 6.40. The lowest BCUT2D eigenvalue weighted by Crippen LogP contribution is -2.09. The van der Waals surface area contributed by atoms with Crippen molar-refractivity contribution in [3.05, 3.63) is 59.7 Å². The smallest absolute Gasteiger partial charge is 0.115 e. The van der Waals surface area contributed by atoms with Crippen molar-refractivity contribution in [1.82, 2.24) is 0 Å². The number of para-hydroxylation sites is 1. The van der Waals surface area contributed by atoms with Gasteiger partial charge in [-0.3, -0.25) is 0 Å². The number of nitrogens with one attached hydrogen (secondary N) is 1. The molecule has 0 aliphatic carbocycles. The van der Waals surface area contributed by atoms with Gasteiger partial charge in [0.05, 0.1) is 6.10 Å². The predicted molar refractivity (Wildman–Crippen MR) is 77.2 cm³/mol. The summed E-state index contributed by atoms with van der Waals surface area (Å²) >= 11 is 0. The number of phenols is 1. The van der Waals surface area contributed by atoms with Crippen LogP contribution in [0.4, 0.5) is 5.69 Å². The molecule has 0 aromatic heterocycles. The zero-order chi connectivity index (χ0) is 13.8. The van der Waals surface area contributed by atoms with E-state index in [1.807, 2.05) is 43.3 Å². The van der Waals surface area contributed by atoms with Gasteiger partial charge in [0.1, 0.15) is 5.75 Å². The monoisotopic (exact) mass is 257 g/mol. The van der Waals surface area contributed by atoms with Crippen LogP contribution in [0.25, 0.3) is 0 Å². The summed E-state index contributed by atoms with van der Waals surface area (Å²) in [6.45, 7) is 3.77. The molecule has 3 heteroatoms. The number of phenolic OH excluding ortho intramolecular Hbond substituents is 1. The van der Waals surface area contributed by atoms with E-state index in [2.05, 4.69) is 5.32 Å². The molecule has 19 heavy (non-hydrogen) atoms. The highest BCUT2D eigenvalue weighted by Gasteiger charge is 2.11. The number of hydrogen-bond donors (Lipinski definition) is 3. The van der Waals surface area contributed by atoms with Crippen LogP contribution in [-0.2, 0) is 0 Å². The van der Waals surface area contributed by atoms with Crippen molar-refractivity contribution in [2.24, 2.45) is 0 Å². The minimum Gasteiger partial charge on any atom is -0.508 e. The Labute approximate surface area is 113 Å². The lowest BCUT2D eigenvalue weighted by atomic mass is 10.0. The predicted octanol–water partition coefficient (Wildman–Crippen LogP) is 3.62. The van der Waals surface area contributed by atoms with Crippen molar-refractivity contribution in [1.29, 1.82) is 0 Å². The summed E-state index contributed by atoms with van der Waals surface area (Å²) < 4.78 is 0. The van der Waals surface area contributed by atoms with Crippen LogP contribution < -0.4 is 5.32 Å². The Bertz CT molecular complexity index is 552. The number of rotatable bonds is 4. The van der Waals surface area contributed by atoms with Crippen molar-refractivity contribution >= 4 is 5.69 Å². The molecule has 0 heterocycles. The minimum absolute atomic E-state index is 0.0481. The van der Waals surface area contributed by atoms with E-state index in [1.165, 1.54) is 0 Å². The van der Waals surface area contributed by atoms with Crippen molar-refractivity contribution in [3.8, 4) is 5.75 Å². The third-order valence-electron chi connectivity index (χ3n) is 3.15. The Kier molecular flexibility index (Phi) is 4.07. The number of hydrogen-bond acceptors (Lipinski definition) is 3. The molecule has 2 aromatic rings. The van der Waals surface area contributed by atoms with Crippen LogP contribution in [0.3, 0.4) is 0 Å². The molecule has 0 aliphatic rings. The quantitative estimate of drug-likeness (QED) is 0.784. The first-order valence-electron chi connectivity index (χ1n) is 6.40. The van der Waals surface area contributed by atoms with Crippen LogP contribution in [0.15, 0.2) is 48.5 Å². The molecule has 2 atom stereocenters. The van der Waals surface area contributed by atoms with E-state index in [-0.39, 0.29) is 11.8 Å². The van der Waals surface area contributed by atoms with E-state index in [0.29, 0.717) is 0 Å². The lowest BCUT2D eigenvalue weighted by Gasteiger charge is -2.19. The van der Waals surface area contributed by atoms with E-state index in [4.69, 9.17) is 0 Å². The maximum absolute atomic E-state index is 9.75. The summed E-state index contributed by atoms with van der Waals surface area (Å²) in [6, 6.07) is 14.9. The fourth-order valence-corrected chi connectivity index (χ4v) is 2.10. The summed E-state index contributed by atoms with van der Waals surface area (Å²) in [6.07, 6.45) is -0.514. The van der Waals surface area contributed by atoms with E-state index in [1.54, 1.807) is 19.1 Å². The second-order valence-corrected chi connectivity index (χ2v) is 4.72. The van der Waals surface area contributed by atoms with Crippen molar-refractivity contribution in [2.75, 3.05) is 5.32 Å². The van der Waals surface area contributed by atoms with E-state index >= 15 is 0 Å². The Hall–Kier alpha value is -2.00. The Balaban J connectivity index is 2.22. The highest BCUT2D eigenvalue weighted by molar-refractivity contribution is 5.53. The van der Waals surface area contributed by atoms with Gasteiger partial charge in [-0.1, -0.05) is 30.3 Å². The molecule has 2 aromatic carbocycles. The Morgan fingerprint density at radius 1 is 1.00 bits per heavy atom. The van der Waals surface area contributed by atoms with Crippen LogP contribution in [0.1, 0.15) is 37.1 Å². The zero-order valence-electron chi connectivity index (χ0n) is 11.2. The number of aliphatic hydroxyl groups is 1. The van der Waals surface area contributed by atoms with Gasteiger partial charge in [-0.15, -0.1) is 0 Å². The fourth-order valence-electron chi connectivity index (χ4n) is 2.10. The number of anilines is 1. The van der Waals surface area contributed by atoms with Gasteiger partial charge in [0.2, 0.25) is 0 Å².